The van der Waals surface area contributed by atoms with E-state index in [9.17, 15) is 0 Å². The summed E-state index contributed by atoms with van der Waals surface area (Å²) in [6, 6.07) is 6.27. The Bertz CT molecular complexity index is 580. The monoisotopic (exact) mass is 295 g/mol. The molecule has 102 valence electrons. The van der Waals surface area contributed by atoms with Crippen LogP contribution in [0, 0.1) is 13.8 Å². The number of nitrogens with one attached hydrogen (secondary N) is 1. The van der Waals surface area contributed by atoms with Gasteiger partial charge in [0.25, 0.3) is 0 Å². The largest absolute Gasteiger partial charge is 0.495 e. The van der Waals surface area contributed by atoms with E-state index in [1.807, 2.05) is 19.1 Å². The van der Waals surface area contributed by atoms with Crippen LogP contribution in [-0.4, -0.2) is 7.11 Å². The van der Waals surface area contributed by atoms with E-state index < -0.39 is 0 Å². The molecule has 0 fully saturated rings. The summed E-state index contributed by atoms with van der Waals surface area (Å²) in [6.45, 7) is 6.28. The molecule has 1 heterocycles. The maximum atomic E-state index is 6.12. The number of methoxy groups -OCH3 is 1. The average Bonchev–Trinajstić information content (AvgIpc) is 2.79. The van der Waals surface area contributed by atoms with Gasteiger partial charge in [0.1, 0.15) is 5.75 Å². The number of anilines is 1. The van der Waals surface area contributed by atoms with E-state index in [2.05, 4.69) is 30.6 Å². The van der Waals surface area contributed by atoms with Crippen molar-refractivity contribution in [2.24, 2.45) is 0 Å². The molecule has 1 atom stereocenters. The van der Waals surface area contributed by atoms with Crippen molar-refractivity contribution in [1.82, 2.24) is 0 Å². The molecule has 0 aliphatic rings. The fourth-order valence-corrected chi connectivity index (χ4v) is 3.16. The molecule has 0 radical (unpaired) electrons. The highest BCUT2D eigenvalue weighted by Crippen LogP contribution is 2.34. The van der Waals surface area contributed by atoms with Gasteiger partial charge in [-0.2, -0.15) is 0 Å². The second-order valence-electron chi connectivity index (χ2n) is 4.64. The summed E-state index contributed by atoms with van der Waals surface area (Å²) in [7, 11) is 1.66. The second-order valence-corrected chi connectivity index (χ2v) is 5.99. The van der Waals surface area contributed by atoms with Gasteiger partial charge in [0.05, 0.1) is 18.8 Å². The minimum absolute atomic E-state index is 0.245. The van der Waals surface area contributed by atoms with Gasteiger partial charge in [0.2, 0.25) is 0 Å². The first-order valence-electron chi connectivity index (χ1n) is 6.17. The second kappa shape index (κ2) is 5.85. The molecular weight excluding hydrogens is 278 g/mol. The van der Waals surface area contributed by atoms with Crippen LogP contribution in [0.2, 0.25) is 5.02 Å². The Labute approximate surface area is 123 Å². The third kappa shape index (κ3) is 3.04. The Kier molecular flexibility index (Phi) is 4.38. The predicted molar refractivity (Wildman–Crippen MR) is 83.8 cm³/mol. The van der Waals surface area contributed by atoms with Gasteiger partial charge in [-0.05, 0) is 49.4 Å². The van der Waals surface area contributed by atoms with E-state index in [-0.39, 0.29) is 6.04 Å². The lowest BCUT2D eigenvalue weighted by molar-refractivity contribution is 0.416. The van der Waals surface area contributed by atoms with Crippen LogP contribution in [0.25, 0.3) is 0 Å². The zero-order valence-electron chi connectivity index (χ0n) is 11.6. The summed E-state index contributed by atoms with van der Waals surface area (Å²) in [5.74, 6) is 0.775. The zero-order chi connectivity index (χ0) is 14.0. The number of ether oxygens (including phenoxy) is 1. The van der Waals surface area contributed by atoms with Gasteiger partial charge in [-0.1, -0.05) is 11.6 Å². The highest BCUT2D eigenvalue weighted by molar-refractivity contribution is 7.10. The van der Waals surface area contributed by atoms with E-state index in [0.717, 1.165) is 22.0 Å². The fraction of sp³-hybridized carbons (Fsp3) is 0.333. The van der Waals surface area contributed by atoms with E-state index >= 15 is 0 Å². The highest BCUT2D eigenvalue weighted by atomic mass is 35.5. The normalized spacial score (nSPS) is 12.3. The quantitative estimate of drug-likeness (QED) is 0.837. The first-order chi connectivity index (χ1) is 9.02. The minimum atomic E-state index is 0.245. The first kappa shape index (κ1) is 14.2. The molecule has 1 N–H and O–H groups in total. The molecule has 1 unspecified atom stereocenters. The Morgan fingerprint density at radius 1 is 1.26 bits per heavy atom. The minimum Gasteiger partial charge on any atom is -0.495 e. The molecule has 0 aliphatic carbocycles. The van der Waals surface area contributed by atoms with E-state index in [1.165, 1.54) is 10.4 Å². The van der Waals surface area contributed by atoms with Crippen LogP contribution in [0.5, 0.6) is 5.75 Å². The van der Waals surface area contributed by atoms with Crippen molar-refractivity contribution in [3.05, 3.63) is 44.6 Å². The van der Waals surface area contributed by atoms with Crippen molar-refractivity contribution >= 4 is 28.6 Å². The summed E-state index contributed by atoms with van der Waals surface area (Å²) in [6.07, 6.45) is 0. The molecule has 0 saturated heterocycles. The SMILES string of the molecule is COc1cc(Cl)c(C)cc1NC(C)c1sccc1C. The molecule has 0 spiro atoms. The number of thiophene rings is 1. The predicted octanol–water partition coefficient (Wildman–Crippen LogP) is 5.20. The van der Waals surface area contributed by atoms with Crippen molar-refractivity contribution in [1.29, 1.82) is 0 Å². The van der Waals surface area contributed by atoms with Crippen molar-refractivity contribution in [2.75, 3.05) is 12.4 Å². The molecule has 19 heavy (non-hydrogen) atoms. The Hall–Kier alpha value is -1.19. The average molecular weight is 296 g/mol. The number of halogens is 1. The van der Waals surface area contributed by atoms with Crippen LogP contribution in [0.1, 0.15) is 29.0 Å². The van der Waals surface area contributed by atoms with Crippen LogP contribution >= 0.6 is 22.9 Å². The smallest absolute Gasteiger partial charge is 0.143 e. The molecule has 0 saturated carbocycles. The van der Waals surface area contributed by atoms with Crippen LogP contribution in [0.4, 0.5) is 5.69 Å². The third-order valence-corrected chi connectivity index (χ3v) is 4.76. The van der Waals surface area contributed by atoms with Gasteiger partial charge < -0.3 is 10.1 Å². The standard InChI is InChI=1S/C15H18ClNOS/c1-9-5-6-19-15(9)11(3)17-13-7-10(2)12(16)8-14(13)18-4/h5-8,11,17H,1-4H3. The zero-order valence-corrected chi connectivity index (χ0v) is 13.2. The lowest BCUT2D eigenvalue weighted by Crippen LogP contribution is -2.07. The molecule has 1 aromatic heterocycles. The van der Waals surface area contributed by atoms with Crippen LogP contribution in [-0.2, 0) is 0 Å². The summed E-state index contributed by atoms with van der Waals surface area (Å²) < 4.78 is 5.39. The lowest BCUT2D eigenvalue weighted by Gasteiger charge is -2.18. The number of benzene rings is 1. The van der Waals surface area contributed by atoms with Crippen molar-refractivity contribution < 1.29 is 4.74 Å². The summed E-state index contributed by atoms with van der Waals surface area (Å²) >= 11 is 7.89. The van der Waals surface area contributed by atoms with E-state index in [4.69, 9.17) is 16.3 Å². The van der Waals surface area contributed by atoms with Crippen molar-refractivity contribution in [2.45, 2.75) is 26.8 Å². The molecule has 1 aromatic carbocycles. The summed E-state index contributed by atoms with van der Waals surface area (Å²) in [5.41, 5.74) is 3.33. The Balaban J connectivity index is 2.28. The molecule has 2 rings (SSSR count). The summed E-state index contributed by atoms with van der Waals surface area (Å²) in [4.78, 5) is 1.34. The van der Waals surface area contributed by atoms with Crippen LogP contribution in [0.15, 0.2) is 23.6 Å². The van der Waals surface area contributed by atoms with Gasteiger partial charge in [-0.25, -0.2) is 0 Å². The van der Waals surface area contributed by atoms with E-state index in [0.29, 0.717) is 0 Å². The molecule has 4 heteroatoms. The van der Waals surface area contributed by atoms with Gasteiger partial charge in [0, 0.05) is 16.0 Å². The first-order valence-corrected chi connectivity index (χ1v) is 7.43. The maximum Gasteiger partial charge on any atom is 0.143 e. The van der Waals surface area contributed by atoms with Gasteiger partial charge in [-0.15, -0.1) is 11.3 Å². The Morgan fingerprint density at radius 3 is 2.58 bits per heavy atom. The molecule has 0 aliphatic heterocycles. The topological polar surface area (TPSA) is 21.3 Å². The fourth-order valence-electron chi connectivity index (χ4n) is 2.07. The van der Waals surface area contributed by atoms with E-state index in [1.54, 1.807) is 18.4 Å². The number of hydrogen-bond acceptors (Lipinski definition) is 3. The highest BCUT2D eigenvalue weighted by Gasteiger charge is 2.13. The van der Waals surface area contributed by atoms with Crippen LogP contribution in [0.3, 0.4) is 0 Å². The maximum absolute atomic E-state index is 6.12. The van der Waals surface area contributed by atoms with Crippen molar-refractivity contribution in [3.63, 3.8) is 0 Å². The number of hydrogen-bond donors (Lipinski definition) is 1. The lowest BCUT2D eigenvalue weighted by atomic mass is 10.1. The van der Waals surface area contributed by atoms with Gasteiger partial charge >= 0.3 is 0 Å². The van der Waals surface area contributed by atoms with Crippen molar-refractivity contribution in [3.8, 4) is 5.75 Å². The van der Waals surface area contributed by atoms with Gasteiger partial charge in [0.15, 0.2) is 0 Å². The molecule has 0 bridgehead atoms. The molecule has 2 nitrogen and oxygen atoms in total. The number of aryl methyl sites for hydroxylation is 2. The molecular formula is C15H18ClNOS. The summed E-state index contributed by atoms with van der Waals surface area (Å²) in [5, 5.41) is 6.34. The van der Waals surface area contributed by atoms with Gasteiger partial charge in [-0.3, -0.25) is 0 Å². The third-order valence-electron chi connectivity index (χ3n) is 3.15. The Morgan fingerprint density at radius 2 is 2.00 bits per heavy atom. The van der Waals surface area contributed by atoms with Crippen LogP contribution < -0.4 is 10.1 Å². The number of rotatable bonds is 4. The molecule has 0 amide bonds. The molecule has 2 aromatic rings.